The molecule has 23 heavy (non-hydrogen) atoms. The molecule has 1 aromatic rings. The molecule has 2 saturated heterocycles. The molecule has 3 heterocycles. The molecule has 7 heteroatoms. The molecule has 2 aliphatic heterocycles. The highest BCUT2D eigenvalue weighted by Gasteiger charge is 2.33. The second-order valence-electron chi connectivity index (χ2n) is 6.37. The highest BCUT2D eigenvalue weighted by Crippen LogP contribution is 2.23. The summed E-state index contributed by atoms with van der Waals surface area (Å²) in [6, 6.07) is 1.89. The third kappa shape index (κ3) is 4.31. The van der Waals surface area contributed by atoms with Crippen molar-refractivity contribution in [1.29, 1.82) is 0 Å². The van der Waals surface area contributed by atoms with Gasteiger partial charge in [0.15, 0.2) is 0 Å². The first-order valence-corrected chi connectivity index (χ1v) is 8.53. The molecule has 0 saturated carbocycles. The van der Waals surface area contributed by atoms with Crippen molar-refractivity contribution in [2.75, 3.05) is 62.7 Å². The monoisotopic (exact) mass is 321 g/mol. The predicted octanol–water partition coefficient (Wildman–Crippen LogP) is 0.572. The Hall–Kier alpha value is -1.44. The summed E-state index contributed by atoms with van der Waals surface area (Å²) in [5.41, 5.74) is -0.581. The number of nitrogens with zero attached hydrogens (tertiary/aromatic N) is 4. The van der Waals surface area contributed by atoms with E-state index in [9.17, 15) is 5.11 Å². The van der Waals surface area contributed by atoms with Crippen molar-refractivity contribution in [3.8, 4) is 0 Å². The van der Waals surface area contributed by atoms with Gasteiger partial charge in [0.25, 0.3) is 0 Å². The zero-order chi connectivity index (χ0) is 16.1. The Morgan fingerprint density at radius 3 is 2.70 bits per heavy atom. The highest BCUT2D eigenvalue weighted by atomic mass is 16.5. The number of ether oxygens (including phenoxy) is 1. The molecule has 0 amide bonds. The molecular weight excluding hydrogens is 294 g/mol. The largest absolute Gasteiger partial charge is 0.388 e. The van der Waals surface area contributed by atoms with Crippen LogP contribution in [-0.4, -0.2) is 78.1 Å². The Kier molecular flexibility index (Phi) is 5.30. The molecule has 2 N–H and O–H groups in total. The van der Waals surface area contributed by atoms with Gasteiger partial charge in [-0.15, -0.1) is 0 Å². The molecule has 0 bridgehead atoms. The maximum Gasteiger partial charge on any atom is 0.227 e. The van der Waals surface area contributed by atoms with Gasteiger partial charge in [-0.1, -0.05) is 0 Å². The molecular formula is C16H27N5O2. The van der Waals surface area contributed by atoms with Crippen LogP contribution >= 0.6 is 0 Å². The number of aromatic nitrogens is 2. The molecule has 0 aliphatic carbocycles. The van der Waals surface area contributed by atoms with Gasteiger partial charge in [0, 0.05) is 71.5 Å². The van der Waals surface area contributed by atoms with Crippen molar-refractivity contribution in [3.63, 3.8) is 0 Å². The lowest BCUT2D eigenvalue weighted by atomic mass is 9.93. The Balaban J connectivity index is 1.53. The molecule has 0 spiro atoms. The topological polar surface area (TPSA) is 73.8 Å². The molecule has 0 radical (unpaired) electrons. The second-order valence-corrected chi connectivity index (χ2v) is 6.37. The third-order valence-electron chi connectivity index (χ3n) is 4.60. The summed E-state index contributed by atoms with van der Waals surface area (Å²) in [7, 11) is 0. The molecule has 3 rings (SSSR count). The number of aliphatic hydroxyl groups is 1. The van der Waals surface area contributed by atoms with Crippen LogP contribution in [0.15, 0.2) is 12.3 Å². The van der Waals surface area contributed by atoms with E-state index in [1.165, 1.54) is 0 Å². The first-order valence-electron chi connectivity index (χ1n) is 8.53. The summed E-state index contributed by atoms with van der Waals surface area (Å²) in [6.45, 7) is 8.62. The van der Waals surface area contributed by atoms with Gasteiger partial charge in [0.1, 0.15) is 5.82 Å². The molecule has 2 fully saturated rings. The SMILES string of the molecule is CCNc1ccnc(N2CCN(CC3(O)CCOCC3)CC2)n1. The maximum atomic E-state index is 10.6. The molecule has 7 nitrogen and oxygen atoms in total. The Morgan fingerprint density at radius 2 is 2.00 bits per heavy atom. The second kappa shape index (κ2) is 7.42. The van der Waals surface area contributed by atoms with E-state index < -0.39 is 5.60 Å². The van der Waals surface area contributed by atoms with E-state index in [1.54, 1.807) is 6.20 Å². The van der Waals surface area contributed by atoms with Crippen LogP contribution in [0.3, 0.4) is 0 Å². The van der Waals surface area contributed by atoms with Gasteiger partial charge in [-0.05, 0) is 13.0 Å². The number of anilines is 2. The van der Waals surface area contributed by atoms with Crippen molar-refractivity contribution >= 4 is 11.8 Å². The van der Waals surface area contributed by atoms with Crippen molar-refractivity contribution in [1.82, 2.24) is 14.9 Å². The van der Waals surface area contributed by atoms with E-state index in [4.69, 9.17) is 4.74 Å². The van der Waals surface area contributed by atoms with Crippen LogP contribution in [0.5, 0.6) is 0 Å². The molecule has 0 atom stereocenters. The lowest BCUT2D eigenvalue weighted by Crippen LogP contribution is -2.53. The summed E-state index contributed by atoms with van der Waals surface area (Å²) in [4.78, 5) is 13.5. The quantitative estimate of drug-likeness (QED) is 0.821. The summed E-state index contributed by atoms with van der Waals surface area (Å²) >= 11 is 0. The van der Waals surface area contributed by atoms with Crippen molar-refractivity contribution in [2.24, 2.45) is 0 Å². The first kappa shape index (κ1) is 16.4. The number of nitrogens with one attached hydrogen (secondary N) is 1. The Bertz CT molecular complexity index is 499. The van der Waals surface area contributed by atoms with Crippen molar-refractivity contribution in [3.05, 3.63) is 12.3 Å². The van der Waals surface area contributed by atoms with Gasteiger partial charge in [0.2, 0.25) is 5.95 Å². The van der Waals surface area contributed by atoms with Crippen LogP contribution in [-0.2, 0) is 4.74 Å². The number of rotatable bonds is 5. The number of hydrogen-bond donors (Lipinski definition) is 2. The zero-order valence-electron chi connectivity index (χ0n) is 13.9. The zero-order valence-corrected chi connectivity index (χ0v) is 13.9. The van der Waals surface area contributed by atoms with Gasteiger partial charge < -0.3 is 20.1 Å². The first-order chi connectivity index (χ1) is 11.2. The minimum absolute atomic E-state index is 0.581. The number of β-amino-alcohol motifs (C(OH)–C–C–N with tert-alkyl or cyclic N) is 1. The predicted molar refractivity (Wildman–Crippen MR) is 89.9 cm³/mol. The van der Waals surface area contributed by atoms with Gasteiger partial charge in [-0.25, -0.2) is 4.98 Å². The van der Waals surface area contributed by atoms with Gasteiger partial charge in [0.05, 0.1) is 5.60 Å². The average Bonchev–Trinajstić information content (AvgIpc) is 2.56. The van der Waals surface area contributed by atoms with Crippen molar-refractivity contribution < 1.29 is 9.84 Å². The lowest BCUT2D eigenvalue weighted by molar-refractivity contribution is -0.0802. The van der Waals surface area contributed by atoms with E-state index in [0.29, 0.717) is 13.2 Å². The normalized spacial score (nSPS) is 22.1. The molecule has 0 unspecified atom stereocenters. The molecule has 1 aromatic heterocycles. The summed E-state index contributed by atoms with van der Waals surface area (Å²) in [6.07, 6.45) is 3.28. The fraction of sp³-hybridized carbons (Fsp3) is 0.750. The van der Waals surface area contributed by atoms with Crippen LogP contribution in [0.1, 0.15) is 19.8 Å². The Labute approximate surface area is 137 Å². The van der Waals surface area contributed by atoms with Gasteiger partial charge in [-0.2, -0.15) is 4.98 Å². The summed E-state index contributed by atoms with van der Waals surface area (Å²) in [5, 5.41) is 13.9. The minimum Gasteiger partial charge on any atom is -0.388 e. The van der Waals surface area contributed by atoms with Crippen molar-refractivity contribution in [2.45, 2.75) is 25.4 Å². The van der Waals surface area contributed by atoms with E-state index in [1.807, 2.05) is 6.07 Å². The summed E-state index contributed by atoms with van der Waals surface area (Å²) < 4.78 is 5.35. The molecule has 2 aliphatic rings. The average molecular weight is 321 g/mol. The number of piperazine rings is 1. The fourth-order valence-electron chi connectivity index (χ4n) is 3.21. The number of hydrogen-bond acceptors (Lipinski definition) is 7. The van der Waals surface area contributed by atoms with Crippen LogP contribution in [0.25, 0.3) is 0 Å². The standard InChI is InChI=1S/C16H27N5O2/c1-2-17-14-3-6-18-15(19-14)21-9-7-20(8-10-21)13-16(22)4-11-23-12-5-16/h3,6,22H,2,4-5,7-13H2,1H3,(H,17,18,19). The van der Waals surface area contributed by atoms with Crippen LogP contribution in [0, 0.1) is 0 Å². The van der Waals surface area contributed by atoms with Crippen LogP contribution < -0.4 is 10.2 Å². The van der Waals surface area contributed by atoms with Crippen LogP contribution in [0.4, 0.5) is 11.8 Å². The van der Waals surface area contributed by atoms with E-state index in [0.717, 1.165) is 63.9 Å². The van der Waals surface area contributed by atoms with Gasteiger partial charge in [-0.3, -0.25) is 4.90 Å². The fourth-order valence-corrected chi connectivity index (χ4v) is 3.21. The minimum atomic E-state index is -0.581. The molecule has 0 aromatic carbocycles. The third-order valence-corrected chi connectivity index (χ3v) is 4.60. The van der Waals surface area contributed by atoms with E-state index in [-0.39, 0.29) is 0 Å². The maximum absolute atomic E-state index is 10.6. The van der Waals surface area contributed by atoms with E-state index in [2.05, 4.69) is 32.0 Å². The smallest absolute Gasteiger partial charge is 0.227 e. The molecule has 128 valence electrons. The van der Waals surface area contributed by atoms with E-state index >= 15 is 0 Å². The Morgan fingerprint density at radius 1 is 1.26 bits per heavy atom. The lowest BCUT2D eigenvalue weighted by Gasteiger charge is -2.40. The summed E-state index contributed by atoms with van der Waals surface area (Å²) in [5.74, 6) is 1.66. The van der Waals surface area contributed by atoms with Gasteiger partial charge >= 0.3 is 0 Å². The van der Waals surface area contributed by atoms with Crippen LogP contribution in [0.2, 0.25) is 0 Å². The highest BCUT2D eigenvalue weighted by molar-refractivity contribution is 5.41.